The van der Waals surface area contributed by atoms with Gasteiger partial charge in [-0.1, -0.05) is 6.07 Å². The van der Waals surface area contributed by atoms with E-state index in [2.05, 4.69) is 39.7 Å². The minimum atomic E-state index is -0.886. The molecule has 1 aliphatic heterocycles. The highest BCUT2D eigenvalue weighted by Crippen LogP contribution is 2.30. The van der Waals surface area contributed by atoms with E-state index in [1.165, 1.54) is 0 Å². The van der Waals surface area contributed by atoms with Crippen LogP contribution in [0, 0.1) is 0 Å². The molecule has 0 bridgehead atoms. The molecule has 1 unspecified atom stereocenters. The molecule has 1 heterocycles. The maximum absolute atomic E-state index is 11.4. The van der Waals surface area contributed by atoms with Crippen LogP contribution >= 0.6 is 15.9 Å². The normalized spacial score (nSPS) is 21.1. The number of rotatable bonds is 2. The number of anilines is 1. The lowest BCUT2D eigenvalue weighted by Crippen LogP contribution is -2.51. The number of hydrogen-bond acceptors (Lipinski definition) is 3. The van der Waals surface area contributed by atoms with E-state index in [1.807, 2.05) is 12.1 Å². The summed E-state index contributed by atoms with van der Waals surface area (Å²) in [5, 5.41) is 9.35. The van der Waals surface area contributed by atoms with Gasteiger partial charge in [-0.3, -0.25) is 0 Å². The molecule has 4 nitrogen and oxygen atoms in total. The SMILES string of the molecule is CC1CN(C)CCN1c1cccc(Br)c1C(=O)O. The topological polar surface area (TPSA) is 43.8 Å². The number of carboxylic acid groups (broad SMARTS) is 1. The summed E-state index contributed by atoms with van der Waals surface area (Å²) in [6, 6.07) is 5.86. The predicted octanol–water partition coefficient (Wildman–Crippen LogP) is 2.29. The van der Waals surface area contributed by atoms with Gasteiger partial charge in [0.2, 0.25) is 0 Å². The molecular formula is C13H17BrN2O2. The van der Waals surface area contributed by atoms with E-state index in [1.54, 1.807) is 6.07 Å². The van der Waals surface area contributed by atoms with Gasteiger partial charge in [-0.15, -0.1) is 0 Å². The fourth-order valence-corrected chi connectivity index (χ4v) is 2.99. The summed E-state index contributed by atoms with van der Waals surface area (Å²) >= 11 is 3.33. The summed E-state index contributed by atoms with van der Waals surface area (Å²) < 4.78 is 0.638. The molecular weight excluding hydrogens is 296 g/mol. The highest BCUT2D eigenvalue weighted by Gasteiger charge is 2.26. The van der Waals surface area contributed by atoms with E-state index in [-0.39, 0.29) is 0 Å². The second-order valence-electron chi connectivity index (χ2n) is 4.74. The van der Waals surface area contributed by atoms with Crippen molar-refractivity contribution >= 4 is 27.6 Å². The van der Waals surface area contributed by atoms with Gasteiger partial charge < -0.3 is 14.9 Å². The zero-order valence-electron chi connectivity index (χ0n) is 10.6. The van der Waals surface area contributed by atoms with E-state index in [0.29, 0.717) is 16.1 Å². The first-order valence-electron chi connectivity index (χ1n) is 5.97. The molecule has 1 saturated heterocycles. The van der Waals surface area contributed by atoms with Crippen molar-refractivity contribution in [2.75, 3.05) is 31.6 Å². The largest absolute Gasteiger partial charge is 0.478 e. The zero-order chi connectivity index (χ0) is 13.3. The average Bonchev–Trinajstić information content (AvgIpc) is 2.28. The Labute approximate surface area is 115 Å². The molecule has 0 radical (unpaired) electrons. The van der Waals surface area contributed by atoms with E-state index in [9.17, 15) is 9.90 Å². The summed E-state index contributed by atoms with van der Waals surface area (Å²) in [5.41, 5.74) is 1.16. The summed E-state index contributed by atoms with van der Waals surface area (Å²) in [6.07, 6.45) is 0. The van der Waals surface area contributed by atoms with Gasteiger partial charge in [-0.05, 0) is 42.0 Å². The molecule has 2 rings (SSSR count). The average molecular weight is 313 g/mol. The van der Waals surface area contributed by atoms with E-state index in [4.69, 9.17) is 0 Å². The number of nitrogens with zero attached hydrogens (tertiary/aromatic N) is 2. The molecule has 0 saturated carbocycles. The van der Waals surface area contributed by atoms with Crippen LogP contribution in [0.15, 0.2) is 22.7 Å². The number of halogens is 1. The van der Waals surface area contributed by atoms with Gasteiger partial charge in [-0.2, -0.15) is 0 Å². The van der Waals surface area contributed by atoms with Crippen molar-refractivity contribution < 1.29 is 9.90 Å². The van der Waals surface area contributed by atoms with Crippen LogP contribution < -0.4 is 4.90 Å². The first kappa shape index (κ1) is 13.4. The lowest BCUT2D eigenvalue weighted by Gasteiger charge is -2.40. The maximum Gasteiger partial charge on any atom is 0.338 e. The lowest BCUT2D eigenvalue weighted by atomic mass is 10.1. The number of carbonyl (C=O) groups is 1. The van der Waals surface area contributed by atoms with Crippen molar-refractivity contribution in [1.29, 1.82) is 0 Å². The molecule has 1 N–H and O–H groups in total. The first-order chi connectivity index (χ1) is 8.50. The van der Waals surface area contributed by atoms with Crippen LogP contribution in [0.4, 0.5) is 5.69 Å². The third-order valence-corrected chi connectivity index (χ3v) is 4.01. The standard InChI is InChI=1S/C13H17BrN2O2/c1-9-8-15(2)6-7-16(9)11-5-3-4-10(14)12(11)13(17)18/h3-5,9H,6-8H2,1-2H3,(H,17,18). The third kappa shape index (κ3) is 2.52. The van der Waals surface area contributed by atoms with Crippen molar-refractivity contribution in [3.63, 3.8) is 0 Å². The smallest absolute Gasteiger partial charge is 0.338 e. The van der Waals surface area contributed by atoms with Gasteiger partial charge >= 0.3 is 5.97 Å². The Balaban J connectivity index is 2.39. The second-order valence-corrected chi connectivity index (χ2v) is 5.60. The van der Waals surface area contributed by atoms with Crippen molar-refractivity contribution in [3.8, 4) is 0 Å². The summed E-state index contributed by atoms with van der Waals surface area (Å²) in [7, 11) is 2.09. The Bertz CT molecular complexity index is 464. The summed E-state index contributed by atoms with van der Waals surface area (Å²) in [6.45, 7) is 4.89. The van der Waals surface area contributed by atoms with Crippen LogP contribution in [-0.2, 0) is 0 Å². The molecule has 1 aromatic carbocycles. The number of likely N-dealkylation sites (N-methyl/N-ethyl adjacent to an activating group) is 1. The Morgan fingerprint density at radius 3 is 2.78 bits per heavy atom. The zero-order valence-corrected chi connectivity index (χ0v) is 12.1. The van der Waals surface area contributed by atoms with Gasteiger partial charge in [0.1, 0.15) is 0 Å². The molecule has 0 aromatic heterocycles. The van der Waals surface area contributed by atoms with Gasteiger partial charge in [0.25, 0.3) is 0 Å². The first-order valence-corrected chi connectivity index (χ1v) is 6.77. The van der Waals surface area contributed by atoms with Crippen LogP contribution in [0.2, 0.25) is 0 Å². The van der Waals surface area contributed by atoms with Crippen LogP contribution in [0.3, 0.4) is 0 Å². The molecule has 18 heavy (non-hydrogen) atoms. The Kier molecular flexibility index (Phi) is 3.92. The number of carboxylic acids is 1. The number of aromatic carboxylic acids is 1. The highest BCUT2D eigenvalue weighted by atomic mass is 79.9. The van der Waals surface area contributed by atoms with Crippen LogP contribution in [0.5, 0.6) is 0 Å². The number of benzene rings is 1. The molecule has 98 valence electrons. The van der Waals surface area contributed by atoms with Crippen molar-refractivity contribution in [3.05, 3.63) is 28.2 Å². The van der Waals surface area contributed by atoms with Gasteiger partial charge in [0.05, 0.1) is 11.3 Å². The monoisotopic (exact) mass is 312 g/mol. The molecule has 0 amide bonds. The summed E-state index contributed by atoms with van der Waals surface area (Å²) in [4.78, 5) is 15.8. The van der Waals surface area contributed by atoms with Crippen LogP contribution in [0.25, 0.3) is 0 Å². The quantitative estimate of drug-likeness (QED) is 0.910. The molecule has 1 fully saturated rings. The molecule has 0 aliphatic carbocycles. The van der Waals surface area contributed by atoms with E-state index in [0.717, 1.165) is 25.3 Å². The van der Waals surface area contributed by atoms with E-state index < -0.39 is 5.97 Å². The minimum absolute atomic E-state index is 0.316. The predicted molar refractivity (Wildman–Crippen MR) is 75.4 cm³/mol. The lowest BCUT2D eigenvalue weighted by molar-refractivity contribution is 0.0696. The van der Waals surface area contributed by atoms with E-state index >= 15 is 0 Å². The number of piperazine rings is 1. The van der Waals surface area contributed by atoms with Gasteiger partial charge in [0.15, 0.2) is 0 Å². The van der Waals surface area contributed by atoms with Crippen molar-refractivity contribution in [2.45, 2.75) is 13.0 Å². The fourth-order valence-electron chi connectivity index (χ4n) is 2.46. The molecule has 0 spiro atoms. The maximum atomic E-state index is 11.4. The van der Waals surface area contributed by atoms with Crippen molar-refractivity contribution in [2.24, 2.45) is 0 Å². The minimum Gasteiger partial charge on any atom is -0.478 e. The van der Waals surface area contributed by atoms with Gasteiger partial charge in [-0.25, -0.2) is 4.79 Å². The fraction of sp³-hybridized carbons (Fsp3) is 0.462. The van der Waals surface area contributed by atoms with Crippen molar-refractivity contribution in [1.82, 2.24) is 4.90 Å². The molecule has 1 aliphatic rings. The number of hydrogen-bond donors (Lipinski definition) is 1. The molecule has 1 atom stereocenters. The molecule has 1 aromatic rings. The molecule has 5 heteroatoms. The van der Waals surface area contributed by atoms with Crippen LogP contribution in [-0.4, -0.2) is 48.7 Å². The Morgan fingerprint density at radius 2 is 2.17 bits per heavy atom. The highest BCUT2D eigenvalue weighted by molar-refractivity contribution is 9.10. The Morgan fingerprint density at radius 1 is 1.44 bits per heavy atom. The third-order valence-electron chi connectivity index (χ3n) is 3.35. The Hall–Kier alpha value is -1.07. The van der Waals surface area contributed by atoms with Gasteiger partial charge in [0, 0.05) is 30.1 Å². The summed E-state index contributed by atoms with van der Waals surface area (Å²) in [5.74, 6) is -0.886. The van der Waals surface area contributed by atoms with Crippen LogP contribution in [0.1, 0.15) is 17.3 Å². The second kappa shape index (κ2) is 5.28.